The van der Waals surface area contributed by atoms with Crippen molar-refractivity contribution in [3.8, 4) is 22.3 Å². The van der Waals surface area contributed by atoms with Crippen molar-refractivity contribution in [2.24, 2.45) is 11.8 Å². The van der Waals surface area contributed by atoms with Crippen molar-refractivity contribution in [1.82, 2.24) is 0 Å². The molecule has 2 aliphatic carbocycles. The van der Waals surface area contributed by atoms with E-state index < -0.39 is 23.0 Å². The number of hydrogen-bond donors (Lipinski definition) is 2. The molecule has 9 aromatic rings. The van der Waals surface area contributed by atoms with E-state index in [1.54, 1.807) is 0 Å². The zero-order valence-electron chi connectivity index (χ0n) is 30.7. The van der Waals surface area contributed by atoms with Crippen LogP contribution in [0.15, 0.2) is 206 Å². The molecule has 0 fully saturated rings. The predicted octanol–water partition coefficient (Wildman–Crippen LogP) is 12.5. The maximum absolute atomic E-state index is 13.3. The minimum atomic E-state index is -1.39. The second kappa shape index (κ2) is 12.5. The smallest absolute Gasteiger partial charge is 0.122 e. The Kier molecular flexibility index (Phi) is 7.31. The summed E-state index contributed by atoms with van der Waals surface area (Å²) < 4.78 is 0. The molecule has 0 bridgehead atoms. The highest BCUT2D eigenvalue weighted by molar-refractivity contribution is 6.01. The normalized spacial score (nSPS) is 21.4. The lowest BCUT2D eigenvalue weighted by Crippen LogP contribution is -2.54. The Morgan fingerprint density at radius 2 is 0.661 bits per heavy atom. The molecule has 0 saturated carbocycles. The van der Waals surface area contributed by atoms with Crippen LogP contribution in [0.5, 0.6) is 0 Å². The molecule has 2 N–H and O–H groups in total. The standard InChI is InChI=1S/C54H38O2/c55-53(47-25-23-41-29-43-27-37(35-11-3-1-4-12-35)19-21-39(43)31-45(41)33-47)49-15-7-9-17-51(49)54(56,52-18-10-8-16-50(52)53)48-26-24-42-30-44-28-38(36-13-5-2-6-14-36)20-22-40(44)32-46(42)34-48/h1-34,49,51,55-56H. The van der Waals surface area contributed by atoms with Crippen LogP contribution in [0.2, 0.25) is 0 Å². The van der Waals surface area contributed by atoms with Gasteiger partial charge in [0.25, 0.3) is 0 Å². The van der Waals surface area contributed by atoms with Crippen molar-refractivity contribution in [3.63, 3.8) is 0 Å². The average molecular weight is 719 g/mol. The maximum Gasteiger partial charge on any atom is 0.122 e. The molecule has 266 valence electrons. The van der Waals surface area contributed by atoms with Gasteiger partial charge in [-0.1, -0.05) is 158 Å². The first-order chi connectivity index (χ1) is 27.5. The molecule has 4 atom stereocenters. The molecule has 2 aliphatic rings. The van der Waals surface area contributed by atoms with Crippen LogP contribution in [-0.4, -0.2) is 10.2 Å². The molecule has 9 aromatic carbocycles. The summed E-state index contributed by atoms with van der Waals surface area (Å²) in [5, 5.41) is 35.6. The van der Waals surface area contributed by atoms with Crippen LogP contribution in [0, 0.1) is 11.8 Å². The third kappa shape index (κ3) is 4.97. The van der Waals surface area contributed by atoms with E-state index >= 15 is 0 Å². The molecule has 11 rings (SSSR count). The van der Waals surface area contributed by atoms with E-state index in [1.807, 2.05) is 48.6 Å². The Hall–Kier alpha value is -6.58. The summed E-state index contributed by atoms with van der Waals surface area (Å²) in [6, 6.07) is 63.8. The van der Waals surface area contributed by atoms with Crippen LogP contribution < -0.4 is 0 Å². The third-order valence-corrected chi connectivity index (χ3v) is 12.5. The minimum absolute atomic E-state index is 0.428. The molecule has 4 unspecified atom stereocenters. The number of hydrogen-bond acceptors (Lipinski definition) is 2. The Labute approximate surface area is 326 Å². The summed E-state index contributed by atoms with van der Waals surface area (Å²) in [5.41, 5.74) is 5.07. The molecule has 2 nitrogen and oxygen atoms in total. The molecule has 0 saturated heterocycles. The number of rotatable bonds is 4. The van der Waals surface area contributed by atoms with Gasteiger partial charge >= 0.3 is 0 Å². The number of fused-ring (bicyclic) bond motifs is 6. The van der Waals surface area contributed by atoms with E-state index in [0.717, 1.165) is 54.6 Å². The summed E-state index contributed by atoms with van der Waals surface area (Å²) >= 11 is 0. The molecule has 0 radical (unpaired) electrons. The van der Waals surface area contributed by atoms with Gasteiger partial charge in [0.1, 0.15) is 11.2 Å². The van der Waals surface area contributed by atoms with Crippen LogP contribution in [0.1, 0.15) is 22.3 Å². The van der Waals surface area contributed by atoms with Crippen molar-refractivity contribution in [3.05, 3.63) is 229 Å². The van der Waals surface area contributed by atoms with Crippen molar-refractivity contribution in [1.29, 1.82) is 0 Å². The minimum Gasteiger partial charge on any atom is -0.380 e. The first kappa shape index (κ1) is 32.8. The number of benzene rings is 9. The molecular formula is C54H38O2. The Morgan fingerprint density at radius 1 is 0.304 bits per heavy atom. The van der Waals surface area contributed by atoms with Crippen LogP contribution in [0.3, 0.4) is 0 Å². The highest BCUT2D eigenvalue weighted by Gasteiger charge is 2.57. The molecule has 0 amide bonds. The lowest BCUT2D eigenvalue weighted by atomic mass is 9.55. The molecule has 0 aliphatic heterocycles. The summed E-state index contributed by atoms with van der Waals surface area (Å²) in [6.07, 6.45) is 8.19. The lowest BCUT2D eigenvalue weighted by Gasteiger charge is -2.53. The van der Waals surface area contributed by atoms with Gasteiger partial charge in [-0.2, -0.15) is 0 Å². The molecule has 0 heterocycles. The number of aliphatic hydroxyl groups is 2. The monoisotopic (exact) mass is 718 g/mol. The van der Waals surface area contributed by atoms with Gasteiger partial charge in [0.15, 0.2) is 0 Å². The van der Waals surface area contributed by atoms with Crippen LogP contribution in [-0.2, 0) is 11.2 Å². The van der Waals surface area contributed by atoms with Crippen molar-refractivity contribution in [2.75, 3.05) is 0 Å². The molecule has 0 aromatic heterocycles. The first-order valence-electron chi connectivity index (χ1n) is 19.4. The van der Waals surface area contributed by atoms with Crippen LogP contribution >= 0.6 is 0 Å². The van der Waals surface area contributed by atoms with Crippen molar-refractivity contribution in [2.45, 2.75) is 11.2 Å². The maximum atomic E-state index is 13.3. The topological polar surface area (TPSA) is 40.5 Å². The number of allylic oxidation sites excluding steroid dienone is 2. The van der Waals surface area contributed by atoms with Gasteiger partial charge in [0, 0.05) is 11.8 Å². The highest BCUT2D eigenvalue weighted by atomic mass is 16.3. The molecular weight excluding hydrogens is 681 g/mol. The van der Waals surface area contributed by atoms with Gasteiger partial charge in [-0.15, -0.1) is 0 Å². The van der Waals surface area contributed by atoms with Gasteiger partial charge in [0.05, 0.1) is 0 Å². The van der Waals surface area contributed by atoms with Crippen molar-refractivity contribution >= 4 is 43.1 Å². The first-order valence-corrected chi connectivity index (χ1v) is 19.4. The van der Waals surface area contributed by atoms with Gasteiger partial charge in [-0.3, -0.25) is 0 Å². The van der Waals surface area contributed by atoms with Crippen LogP contribution in [0.4, 0.5) is 0 Å². The fourth-order valence-corrected chi connectivity index (χ4v) is 9.70. The lowest BCUT2D eigenvalue weighted by molar-refractivity contribution is -0.0715. The second-order valence-electron chi connectivity index (χ2n) is 15.6. The SMILES string of the molecule is OC1(c2ccc3cc4cc(-c5ccccc5)ccc4cc3c2)c2ccccc2C(O)(c2ccc3cc4cc(-c5ccccc5)ccc4cc3c2)C2C=CC=CC21. The fraction of sp³-hybridized carbons (Fsp3) is 0.0741. The van der Waals surface area contributed by atoms with E-state index in [4.69, 9.17) is 0 Å². The summed E-state index contributed by atoms with van der Waals surface area (Å²) in [6.45, 7) is 0. The Morgan fingerprint density at radius 3 is 1.07 bits per heavy atom. The highest BCUT2D eigenvalue weighted by Crippen LogP contribution is 2.58. The summed E-state index contributed by atoms with van der Waals surface area (Å²) in [4.78, 5) is 0. The van der Waals surface area contributed by atoms with E-state index in [0.29, 0.717) is 0 Å². The van der Waals surface area contributed by atoms with E-state index in [2.05, 4.69) is 158 Å². The van der Waals surface area contributed by atoms with Gasteiger partial charge in [-0.05, 0) is 136 Å². The van der Waals surface area contributed by atoms with Crippen molar-refractivity contribution < 1.29 is 10.2 Å². The quantitative estimate of drug-likeness (QED) is 0.178. The van der Waals surface area contributed by atoms with E-state index in [1.165, 1.54) is 33.0 Å². The molecule has 2 heteroatoms. The molecule has 0 spiro atoms. The second-order valence-corrected chi connectivity index (χ2v) is 15.6. The van der Waals surface area contributed by atoms with Gasteiger partial charge < -0.3 is 10.2 Å². The summed E-state index contributed by atoms with van der Waals surface area (Å²) in [7, 11) is 0. The average Bonchev–Trinajstić information content (AvgIpc) is 3.26. The zero-order valence-corrected chi connectivity index (χ0v) is 30.7. The molecule has 56 heavy (non-hydrogen) atoms. The van der Waals surface area contributed by atoms with E-state index in [-0.39, 0.29) is 0 Å². The van der Waals surface area contributed by atoms with Crippen LogP contribution in [0.25, 0.3) is 65.3 Å². The largest absolute Gasteiger partial charge is 0.380 e. The predicted molar refractivity (Wildman–Crippen MR) is 231 cm³/mol. The van der Waals surface area contributed by atoms with Gasteiger partial charge in [0.2, 0.25) is 0 Å². The zero-order chi connectivity index (χ0) is 37.4. The van der Waals surface area contributed by atoms with Gasteiger partial charge in [-0.25, -0.2) is 0 Å². The van der Waals surface area contributed by atoms with E-state index in [9.17, 15) is 10.2 Å². The summed E-state index contributed by atoms with van der Waals surface area (Å²) in [5.74, 6) is -0.857. The Bertz CT molecular complexity index is 2860. The Balaban J connectivity index is 1.03. The third-order valence-electron chi connectivity index (χ3n) is 12.5. The fourth-order valence-electron chi connectivity index (χ4n) is 9.70.